The minimum Gasteiger partial charge on any atom is -0.378 e. The van der Waals surface area contributed by atoms with E-state index in [-0.39, 0.29) is 12.5 Å². The van der Waals surface area contributed by atoms with E-state index in [4.69, 9.17) is 15.2 Å². The monoisotopic (exact) mass is 202 g/mol. The molecule has 1 amide bonds. The summed E-state index contributed by atoms with van der Waals surface area (Å²) in [4.78, 5) is 11.0. The second-order valence-corrected chi connectivity index (χ2v) is 3.51. The average Bonchev–Trinajstić information content (AvgIpc) is 2.27. The second kappa shape index (κ2) is 5.29. The maximum absolute atomic E-state index is 11.0. The van der Waals surface area contributed by atoms with Crippen LogP contribution in [0, 0.1) is 0 Å². The van der Waals surface area contributed by atoms with Gasteiger partial charge >= 0.3 is 0 Å². The molecule has 1 atom stereocenters. The van der Waals surface area contributed by atoms with Crippen LogP contribution in [0.3, 0.4) is 0 Å². The van der Waals surface area contributed by atoms with Crippen LogP contribution in [0.25, 0.3) is 0 Å². The molecule has 5 heteroatoms. The van der Waals surface area contributed by atoms with Crippen LogP contribution in [0.1, 0.15) is 12.8 Å². The quantitative estimate of drug-likeness (QED) is 0.629. The third-order valence-corrected chi connectivity index (χ3v) is 2.45. The Morgan fingerprint density at radius 2 is 2.50 bits per heavy atom. The number of hydrogen-bond acceptors (Lipinski definition) is 4. The Morgan fingerprint density at radius 1 is 1.71 bits per heavy atom. The van der Waals surface area contributed by atoms with Gasteiger partial charge in [0.1, 0.15) is 12.2 Å². The lowest BCUT2D eigenvalue weighted by Crippen LogP contribution is -2.49. The Morgan fingerprint density at radius 3 is 3.00 bits per heavy atom. The van der Waals surface area contributed by atoms with E-state index in [1.165, 1.54) is 0 Å². The van der Waals surface area contributed by atoms with Gasteiger partial charge in [-0.2, -0.15) is 0 Å². The number of rotatable bonds is 4. The van der Waals surface area contributed by atoms with E-state index in [1.54, 1.807) is 7.05 Å². The van der Waals surface area contributed by atoms with Crippen molar-refractivity contribution in [1.82, 2.24) is 5.32 Å². The third-order valence-electron chi connectivity index (χ3n) is 2.45. The highest BCUT2D eigenvalue weighted by atomic mass is 16.5. The fourth-order valence-corrected chi connectivity index (χ4v) is 1.45. The molecule has 0 bridgehead atoms. The topological polar surface area (TPSA) is 73.6 Å². The number of ether oxygens (including phenoxy) is 2. The molecule has 1 rings (SSSR count). The van der Waals surface area contributed by atoms with Crippen molar-refractivity contribution in [3.05, 3.63) is 0 Å². The molecule has 1 heterocycles. The van der Waals surface area contributed by atoms with Crippen LogP contribution < -0.4 is 11.1 Å². The van der Waals surface area contributed by atoms with Crippen LogP contribution in [-0.2, 0) is 14.3 Å². The molecular weight excluding hydrogens is 184 g/mol. The van der Waals surface area contributed by atoms with Gasteiger partial charge in [0.25, 0.3) is 0 Å². The van der Waals surface area contributed by atoms with Crippen molar-refractivity contribution in [2.45, 2.75) is 18.4 Å². The first-order valence-electron chi connectivity index (χ1n) is 4.85. The van der Waals surface area contributed by atoms with Crippen LogP contribution in [-0.4, -0.2) is 44.9 Å². The summed E-state index contributed by atoms with van der Waals surface area (Å²) in [5.41, 5.74) is 5.18. The van der Waals surface area contributed by atoms with Crippen LogP contribution in [0.2, 0.25) is 0 Å². The summed E-state index contributed by atoms with van der Waals surface area (Å²) >= 11 is 0. The number of likely N-dealkylation sites (N-methyl/N-ethyl adjacent to an activating group) is 1. The first-order chi connectivity index (χ1) is 6.72. The zero-order chi connectivity index (χ0) is 10.4. The van der Waals surface area contributed by atoms with Gasteiger partial charge in [-0.05, 0) is 12.8 Å². The Kier molecular flexibility index (Phi) is 4.31. The Hall–Kier alpha value is -0.650. The van der Waals surface area contributed by atoms with Gasteiger partial charge in [0.2, 0.25) is 5.91 Å². The standard InChI is InChI=1S/C9H18N2O3/c1-11-8(12)5-14-9(6-10)3-2-4-13-7-9/h2-7,10H2,1H3,(H,11,12). The molecule has 1 fully saturated rings. The molecule has 5 nitrogen and oxygen atoms in total. The molecule has 0 aliphatic carbocycles. The van der Waals surface area contributed by atoms with Gasteiger partial charge in [0.15, 0.2) is 0 Å². The summed E-state index contributed by atoms with van der Waals surface area (Å²) in [6, 6.07) is 0. The van der Waals surface area contributed by atoms with Crippen molar-refractivity contribution in [1.29, 1.82) is 0 Å². The van der Waals surface area contributed by atoms with Crippen LogP contribution in [0.5, 0.6) is 0 Å². The zero-order valence-corrected chi connectivity index (χ0v) is 8.54. The van der Waals surface area contributed by atoms with E-state index in [0.717, 1.165) is 19.4 Å². The molecule has 0 spiro atoms. The predicted octanol–water partition coefficient (Wildman–Crippen LogP) is -0.743. The first-order valence-corrected chi connectivity index (χ1v) is 4.85. The molecule has 0 aromatic heterocycles. The average molecular weight is 202 g/mol. The van der Waals surface area contributed by atoms with Crippen LogP contribution in [0.15, 0.2) is 0 Å². The lowest BCUT2D eigenvalue weighted by Gasteiger charge is -2.35. The van der Waals surface area contributed by atoms with Gasteiger partial charge in [-0.1, -0.05) is 0 Å². The molecule has 3 N–H and O–H groups in total. The highest BCUT2D eigenvalue weighted by Gasteiger charge is 2.32. The molecule has 1 saturated heterocycles. The number of amides is 1. The second-order valence-electron chi connectivity index (χ2n) is 3.51. The lowest BCUT2D eigenvalue weighted by molar-refractivity contribution is -0.146. The van der Waals surface area contributed by atoms with E-state index < -0.39 is 5.60 Å². The summed E-state index contributed by atoms with van der Waals surface area (Å²) in [5, 5.41) is 2.50. The van der Waals surface area contributed by atoms with Crippen molar-refractivity contribution in [3.63, 3.8) is 0 Å². The number of nitrogens with one attached hydrogen (secondary N) is 1. The lowest BCUT2D eigenvalue weighted by atomic mass is 9.97. The maximum atomic E-state index is 11.0. The SMILES string of the molecule is CNC(=O)COC1(CN)CCCOC1. The molecule has 1 aliphatic rings. The maximum Gasteiger partial charge on any atom is 0.245 e. The van der Waals surface area contributed by atoms with Gasteiger partial charge in [-0.25, -0.2) is 0 Å². The Labute approximate surface area is 83.9 Å². The highest BCUT2D eigenvalue weighted by Crippen LogP contribution is 2.21. The van der Waals surface area contributed by atoms with Crippen molar-refractivity contribution in [2.75, 3.05) is 33.4 Å². The molecule has 0 radical (unpaired) electrons. The molecule has 1 aliphatic heterocycles. The summed E-state index contributed by atoms with van der Waals surface area (Å²) < 4.78 is 10.8. The first kappa shape index (κ1) is 11.4. The number of nitrogens with two attached hydrogens (primary N) is 1. The largest absolute Gasteiger partial charge is 0.378 e. The third kappa shape index (κ3) is 2.94. The van der Waals surface area contributed by atoms with E-state index in [9.17, 15) is 4.79 Å². The smallest absolute Gasteiger partial charge is 0.245 e. The fraction of sp³-hybridized carbons (Fsp3) is 0.889. The van der Waals surface area contributed by atoms with Gasteiger partial charge in [-0.3, -0.25) is 4.79 Å². The van der Waals surface area contributed by atoms with Gasteiger partial charge in [0, 0.05) is 20.2 Å². The van der Waals surface area contributed by atoms with Gasteiger partial charge in [-0.15, -0.1) is 0 Å². The molecule has 1 unspecified atom stereocenters. The predicted molar refractivity (Wildman–Crippen MR) is 51.9 cm³/mol. The summed E-state index contributed by atoms with van der Waals surface area (Å²) in [7, 11) is 1.58. The van der Waals surface area contributed by atoms with E-state index in [0.29, 0.717) is 13.2 Å². The van der Waals surface area contributed by atoms with Gasteiger partial charge in [0.05, 0.1) is 6.61 Å². The molecule has 0 aromatic carbocycles. The normalized spacial score (nSPS) is 27.3. The number of carbonyl (C=O) groups is 1. The molecule has 82 valence electrons. The molecule has 14 heavy (non-hydrogen) atoms. The number of carbonyl (C=O) groups excluding carboxylic acids is 1. The van der Waals surface area contributed by atoms with Crippen molar-refractivity contribution in [2.24, 2.45) is 5.73 Å². The minimum atomic E-state index is -0.454. The zero-order valence-electron chi connectivity index (χ0n) is 8.54. The fourth-order valence-electron chi connectivity index (χ4n) is 1.45. The van der Waals surface area contributed by atoms with Crippen molar-refractivity contribution >= 4 is 5.91 Å². The Balaban J connectivity index is 2.39. The molecule has 0 saturated carbocycles. The van der Waals surface area contributed by atoms with Crippen LogP contribution >= 0.6 is 0 Å². The summed E-state index contributed by atoms with van der Waals surface area (Å²) in [5.74, 6) is -0.136. The molecular formula is C9H18N2O3. The summed E-state index contributed by atoms with van der Waals surface area (Å²) in [6.45, 7) is 1.69. The van der Waals surface area contributed by atoms with Gasteiger partial charge < -0.3 is 20.5 Å². The van der Waals surface area contributed by atoms with E-state index in [1.807, 2.05) is 0 Å². The van der Waals surface area contributed by atoms with Crippen molar-refractivity contribution in [3.8, 4) is 0 Å². The van der Waals surface area contributed by atoms with Crippen LogP contribution in [0.4, 0.5) is 0 Å². The molecule has 0 aromatic rings. The van der Waals surface area contributed by atoms with E-state index >= 15 is 0 Å². The Bertz CT molecular complexity index is 190. The van der Waals surface area contributed by atoms with E-state index in [2.05, 4.69) is 5.32 Å². The van der Waals surface area contributed by atoms with Crippen molar-refractivity contribution < 1.29 is 14.3 Å². The number of hydrogen-bond donors (Lipinski definition) is 2. The highest BCUT2D eigenvalue weighted by molar-refractivity contribution is 5.76. The minimum absolute atomic E-state index is 0.0526. The summed E-state index contributed by atoms with van der Waals surface area (Å²) in [6.07, 6.45) is 1.80.